The molecule has 0 amide bonds. The lowest BCUT2D eigenvalue weighted by atomic mass is 10.1. The lowest BCUT2D eigenvalue weighted by Crippen LogP contribution is -2.20. The summed E-state index contributed by atoms with van der Waals surface area (Å²) in [6.07, 6.45) is 1.59. The first-order chi connectivity index (χ1) is 21.3. The number of aromatic amines is 1. The molecule has 0 radical (unpaired) electrons. The largest absolute Gasteiger partial charge is 0.494 e. The zero-order valence-electron chi connectivity index (χ0n) is 25.0. The minimum absolute atomic E-state index is 0.0383. The molecule has 5 aromatic rings. The Morgan fingerprint density at radius 1 is 0.955 bits per heavy atom. The average molecular weight is 594 g/mol. The number of hydrogen-bond donors (Lipinski definition) is 3. The van der Waals surface area contributed by atoms with E-state index in [1.807, 2.05) is 98.6 Å². The Balaban J connectivity index is 1.48. The summed E-state index contributed by atoms with van der Waals surface area (Å²) in [6, 6.07) is 28.1. The maximum absolute atomic E-state index is 15.8. The summed E-state index contributed by atoms with van der Waals surface area (Å²) in [7, 11) is 0. The van der Waals surface area contributed by atoms with Crippen molar-refractivity contribution in [3.8, 4) is 28.5 Å². The number of H-pyrrole nitrogens is 1. The predicted molar refractivity (Wildman–Crippen MR) is 171 cm³/mol. The van der Waals surface area contributed by atoms with Gasteiger partial charge in [0.25, 0.3) is 0 Å². The molecule has 0 aliphatic rings. The molecule has 0 unspecified atom stereocenters. The SMILES string of the molecule is CCOc1cc(CN(c2ccc(C(=N)N)cc2)c2nc(-c3cccc(OCc4ccccc4)c3)c[nH]2)c(F)c(OC(C)C)c1. The van der Waals surface area contributed by atoms with Crippen LogP contribution in [0.5, 0.6) is 17.2 Å². The number of nitrogen functional groups attached to an aromatic ring is 1. The molecule has 0 saturated heterocycles. The second-order valence-electron chi connectivity index (χ2n) is 10.5. The molecule has 0 atom stereocenters. The van der Waals surface area contributed by atoms with Crippen molar-refractivity contribution >= 4 is 17.5 Å². The number of ether oxygens (including phenoxy) is 3. The molecule has 4 aromatic carbocycles. The Bertz CT molecular complexity index is 1700. The number of imidazole rings is 1. The van der Waals surface area contributed by atoms with E-state index in [1.54, 1.807) is 24.3 Å². The lowest BCUT2D eigenvalue weighted by molar-refractivity contribution is 0.228. The summed E-state index contributed by atoms with van der Waals surface area (Å²) < 4.78 is 33.4. The van der Waals surface area contributed by atoms with Gasteiger partial charge in [0.15, 0.2) is 11.6 Å². The molecule has 0 aliphatic carbocycles. The molecule has 0 fully saturated rings. The van der Waals surface area contributed by atoms with E-state index in [0.717, 1.165) is 22.6 Å². The fourth-order valence-corrected chi connectivity index (χ4v) is 4.70. The minimum atomic E-state index is -0.470. The van der Waals surface area contributed by atoms with Gasteiger partial charge < -0.3 is 29.8 Å². The molecule has 8 nitrogen and oxygen atoms in total. The number of halogens is 1. The summed E-state index contributed by atoms with van der Waals surface area (Å²) in [5, 5.41) is 7.78. The first kappa shape index (κ1) is 30.2. The number of rotatable bonds is 13. The third-order valence-corrected chi connectivity index (χ3v) is 6.78. The Hall–Kier alpha value is -5.31. The molecule has 0 saturated carbocycles. The van der Waals surface area contributed by atoms with Gasteiger partial charge in [-0.25, -0.2) is 9.37 Å². The van der Waals surface area contributed by atoms with Crippen molar-refractivity contribution in [2.75, 3.05) is 11.5 Å². The van der Waals surface area contributed by atoms with Crippen molar-refractivity contribution in [1.82, 2.24) is 9.97 Å². The molecular formula is C35H36FN5O3. The van der Waals surface area contributed by atoms with E-state index < -0.39 is 5.82 Å². The number of hydrogen-bond acceptors (Lipinski definition) is 6. The highest BCUT2D eigenvalue weighted by Gasteiger charge is 2.21. The minimum Gasteiger partial charge on any atom is -0.494 e. The molecule has 4 N–H and O–H groups in total. The van der Waals surface area contributed by atoms with Crippen LogP contribution in [0, 0.1) is 11.2 Å². The predicted octanol–water partition coefficient (Wildman–Crippen LogP) is 7.60. The van der Waals surface area contributed by atoms with Crippen molar-refractivity contribution in [2.24, 2.45) is 5.73 Å². The van der Waals surface area contributed by atoms with Crippen LogP contribution in [0.3, 0.4) is 0 Å². The second-order valence-corrected chi connectivity index (χ2v) is 10.5. The van der Waals surface area contributed by atoms with Gasteiger partial charge in [-0.3, -0.25) is 5.41 Å². The van der Waals surface area contributed by atoms with E-state index in [4.69, 9.17) is 30.3 Å². The number of nitrogens with two attached hydrogens (primary N) is 1. The Kier molecular flexibility index (Phi) is 9.44. The molecule has 44 heavy (non-hydrogen) atoms. The quantitative estimate of drug-likeness (QED) is 0.0958. The van der Waals surface area contributed by atoms with Gasteiger partial charge in [-0.15, -0.1) is 0 Å². The molecule has 5 rings (SSSR count). The van der Waals surface area contributed by atoms with Crippen LogP contribution in [0.2, 0.25) is 0 Å². The maximum Gasteiger partial charge on any atom is 0.208 e. The molecule has 1 aromatic heterocycles. The van der Waals surface area contributed by atoms with E-state index in [1.165, 1.54) is 0 Å². The summed E-state index contributed by atoms with van der Waals surface area (Å²) in [4.78, 5) is 10.0. The third-order valence-electron chi connectivity index (χ3n) is 6.78. The van der Waals surface area contributed by atoms with Crippen molar-refractivity contribution in [3.63, 3.8) is 0 Å². The van der Waals surface area contributed by atoms with Gasteiger partial charge in [0, 0.05) is 34.6 Å². The standard InChI is InChI=1S/C35H36FN5O3/c1-4-42-30-18-27(33(36)32(19-30)44-23(2)3)21-41(28-15-13-25(14-16-28)34(37)38)35-39-20-31(40-35)26-11-8-12-29(17-26)43-22-24-9-6-5-7-10-24/h5-20,23H,4,21-22H2,1-3H3,(H3,37,38)(H,39,40). The molecule has 226 valence electrons. The van der Waals surface area contributed by atoms with Gasteiger partial charge in [0.2, 0.25) is 5.95 Å². The van der Waals surface area contributed by atoms with Crippen LogP contribution < -0.4 is 24.8 Å². The fraction of sp³-hybridized carbons (Fsp3) is 0.200. The summed E-state index contributed by atoms with van der Waals surface area (Å²) >= 11 is 0. The summed E-state index contributed by atoms with van der Waals surface area (Å²) in [5.41, 5.74) is 10.0. The summed E-state index contributed by atoms with van der Waals surface area (Å²) in [5.74, 6) is 1.35. The smallest absolute Gasteiger partial charge is 0.208 e. The van der Waals surface area contributed by atoms with Gasteiger partial charge in [-0.2, -0.15) is 0 Å². The van der Waals surface area contributed by atoms with Crippen molar-refractivity contribution in [3.05, 3.63) is 120 Å². The van der Waals surface area contributed by atoms with Gasteiger partial charge in [-0.05, 0) is 68.8 Å². The number of benzene rings is 4. The number of nitrogens with one attached hydrogen (secondary N) is 2. The molecular weight excluding hydrogens is 557 g/mol. The maximum atomic E-state index is 15.8. The number of anilines is 2. The molecule has 0 aliphatic heterocycles. The van der Waals surface area contributed by atoms with Crippen molar-refractivity contribution in [1.29, 1.82) is 5.41 Å². The monoisotopic (exact) mass is 593 g/mol. The van der Waals surface area contributed by atoms with E-state index in [0.29, 0.717) is 41.7 Å². The van der Waals surface area contributed by atoms with Crippen LogP contribution in [0.15, 0.2) is 97.2 Å². The highest BCUT2D eigenvalue weighted by molar-refractivity contribution is 5.95. The Labute approximate surface area is 256 Å². The molecule has 9 heteroatoms. The van der Waals surface area contributed by atoms with Crippen LogP contribution in [-0.2, 0) is 13.2 Å². The van der Waals surface area contributed by atoms with Crippen LogP contribution in [-0.4, -0.2) is 28.5 Å². The normalized spacial score (nSPS) is 10.9. The molecule has 1 heterocycles. The fourth-order valence-electron chi connectivity index (χ4n) is 4.70. The molecule has 0 bridgehead atoms. The van der Waals surface area contributed by atoms with Crippen LogP contribution in [0.4, 0.5) is 16.0 Å². The number of nitrogens with zero attached hydrogens (tertiary/aromatic N) is 2. The molecule has 0 spiro atoms. The van der Waals surface area contributed by atoms with E-state index in [-0.39, 0.29) is 24.2 Å². The van der Waals surface area contributed by atoms with Gasteiger partial charge in [0.1, 0.15) is 23.9 Å². The first-order valence-corrected chi connectivity index (χ1v) is 14.5. The zero-order chi connectivity index (χ0) is 31.1. The van der Waals surface area contributed by atoms with Gasteiger partial charge in [-0.1, -0.05) is 42.5 Å². The van der Waals surface area contributed by atoms with Crippen molar-refractivity contribution in [2.45, 2.75) is 40.0 Å². The number of aromatic nitrogens is 2. The van der Waals surface area contributed by atoms with E-state index in [9.17, 15) is 0 Å². The highest BCUT2D eigenvalue weighted by Crippen LogP contribution is 2.34. The Morgan fingerprint density at radius 3 is 2.43 bits per heavy atom. The lowest BCUT2D eigenvalue weighted by Gasteiger charge is -2.24. The third kappa shape index (κ3) is 7.36. The van der Waals surface area contributed by atoms with Crippen LogP contribution >= 0.6 is 0 Å². The van der Waals surface area contributed by atoms with Crippen molar-refractivity contribution < 1.29 is 18.6 Å². The summed E-state index contributed by atoms with van der Waals surface area (Å²) in [6.45, 7) is 6.57. The second kappa shape index (κ2) is 13.8. The van der Waals surface area contributed by atoms with Crippen LogP contribution in [0.25, 0.3) is 11.3 Å². The van der Waals surface area contributed by atoms with Crippen LogP contribution in [0.1, 0.15) is 37.5 Å². The van der Waals surface area contributed by atoms with E-state index in [2.05, 4.69) is 4.98 Å². The average Bonchev–Trinajstić information content (AvgIpc) is 3.52. The van der Waals surface area contributed by atoms with E-state index >= 15 is 4.39 Å². The Morgan fingerprint density at radius 2 is 1.73 bits per heavy atom. The topological polar surface area (TPSA) is 109 Å². The zero-order valence-corrected chi connectivity index (χ0v) is 25.0. The number of amidine groups is 1. The van der Waals surface area contributed by atoms with Gasteiger partial charge in [0.05, 0.1) is 24.9 Å². The highest BCUT2D eigenvalue weighted by atomic mass is 19.1. The van der Waals surface area contributed by atoms with Gasteiger partial charge >= 0.3 is 0 Å². The first-order valence-electron chi connectivity index (χ1n) is 14.5.